The zero-order valence-corrected chi connectivity index (χ0v) is 11.7. The third-order valence-electron chi connectivity index (χ3n) is 4.42. The van der Waals surface area contributed by atoms with Gasteiger partial charge in [0.25, 0.3) is 5.56 Å². The maximum absolute atomic E-state index is 12.0. The Hall–Kier alpha value is -0.770. The number of H-pyrrole nitrogens is 1. The molecule has 2 aliphatic rings. The number of thioether (sulfide) groups is 1. The van der Waals surface area contributed by atoms with Crippen LogP contribution in [0.3, 0.4) is 0 Å². The number of rotatable bonds is 2. The van der Waals surface area contributed by atoms with Crippen LogP contribution in [-0.2, 0) is 11.5 Å². The van der Waals surface area contributed by atoms with Gasteiger partial charge < -0.3 is 4.98 Å². The molecule has 0 amide bonds. The lowest BCUT2D eigenvalue weighted by Crippen LogP contribution is -2.21. The maximum Gasteiger partial charge on any atom is 0.255 e. The average molecular weight is 264 g/mol. The van der Waals surface area contributed by atoms with Crippen molar-refractivity contribution in [3.8, 4) is 0 Å². The van der Waals surface area contributed by atoms with Gasteiger partial charge in [0.2, 0.25) is 0 Å². The van der Waals surface area contributed by atoms with Gasteiger partial charge in [0.05, 0.1) is 5.69 Å². The highest BCUT2D eigenvalue weighted by Gasteiger charge is 2.25. The van der Waals surface area contributed by atoms with E-state index in [1.165, 1.54) is 32.1 Å². The number of hydrogen-bond donors (Lipinski definition) is 1. The van der Waals surface area contributed by atoms with Gasteiger partial charge >= 0.3 is 0 Å². The summed E-state index contributed by atoms with van der Waals surface area (Å²) in [6, 6.07) is 0. The maximum atomic E-state index is 12.0. The molecule has 1 fully saturated rings. The predicted molar refractivity (Wildman–Crippen MR) is 74.8 cm³/mol. The minimum absolute atomic E-state index is 0.109. The molecule has 4 heteroatoms. The molecule has 1 N–H and O–H groups in total. The summed E-state index contributed by atoms with van der Waals surface area (Å²) in [5, 5.41) is 0. The lowest BCUT2D eigenvalue weighted by molar-refractivity contribution is 0.311. The summed E-state index contributed by atoms with van der Waals surface area (Å²) >= 11 is 1.79. The van der Waals surface area contributed by atoms with Crippen molar-refractivity contribution in [1.29, 1.82) is 0 Å². The molecule has 1 aromatic rings. The number of aromatic nitrogens is 2. The molecule has 0 spiro atoms. The molecule has 2 heterocycles. The first-order chi connectivity index (χ1) is 8.78. The quantitative estimate of drug-likeness (QED) is 0.892. The molecule has 1 saturated carbocycles. The van der Waals surface area contributed by atoms with E-state index in [1.54, 1.807) is 11.8 Å². The molecule has 0 saturated heterocycles. The van der Waals surface area contributed by atoms with Crippen LogP contribution in [0.25, 0.3) is 0 Å². The zero-order chi connectivity index (χ0) is 12.5. The molecule has 98 valence electrons. The highest BCUT2D eigenvalue weighted by atomic mass is 32.2. The van der Waals surface area contributed by atoms with E-state index in [1.807, 2.05) is 0 Å². The van der Waals surface area contributed by atoms with Gasteiger partial charge in [-0.3, -0.25) is 4.79 Å². The summed E-state index contributed by atoms with van der Waals surface area (Å²) in [5.74, 6) is 4.07. The third kappa shape index (κ3) is 2.22. The molecule has 0 atom stereocenters. The topological polar surface area (TPSA) is 45.8 Å². The normalized spacial score (nSPS) is 27.2. The lowest BCUT2D eigenvalue weighted by Gasteiger charge is -2.27. The van der Waals surface area contributed by atoms with E-state index < -0.39 is 0 Å². The standard InChI is InChI=1S/C14H20N2OS/c1-2-9-3-5-10(6-4-9)13-15-12-8-18-7-11(12)14(17)16-13/h9-10H,2-8H2,1H3,(H,15,16,17). The van der Waals surface area contributed by atoms with Crippen LogP contribution in [0.5, 0.6) is 0 Å². The van der Waals surface area contributed by atoms with Crippen molar-refractivity contribution < 1.29 is 0 Å². The van der Waals surface area contributed by atoms with Gasteiger partial charge in [-0.2, -0.15) is 11.8 Å². The molecule has 0 aromatic carbocycles. The first kappa shape index (κ1) is 12.3. The SMILES string of the molecule is CCC1CCC(c2nc3c(c(=O)[nH]2)CSC3)CC1. The Kier molecular flexibility index (Phi) is 3.46. The first-order valence-electron chi connectivity index (χ1n) is 6.97. The van der Waals surface area contributed by atoms with Crippen LogP contribution in [0.4, 0.5) is 0 Å². The van der Waals surface area contributed by atoms with Gasteiger partial charge in [-0.15, -0.1) is 0 Å². The first-order valence-corrected chi connectivity index (χ1v) is 8.13. The molecule has 0 bridgehead atoms. The van der Waals surface area contributed by atoms with Crippen molar-refractivity contribution in [2.75, 3.05) is 0 Å². The summed E-state index contributed by atoms with van der Waals surface area (Å²) in [6.45, 7) is 2.28. The molecule has 3 rings (SSSR count). The van der Waals surface area contributed by atoms with Crippen LogP contribution in [0, 0.1) is 5.92 Å². The number of fused-ring (bicyclic) bond motifs is 1. The zero-order valence-electron chi connectivity index (χ0n) is 10.9. The minimum Gasteiger partial charge on any atom is -0.310 e. The van der Waals surface area contributed by atoms with Gasteiger partial charge in [-0.25, -0.2) is 4.98 Å². The molecule has 18 heavy (non-hydrogen) atoms. The van der Waals surface area contributed by atoms with Crippen molar-refractivity contribution in [1.82, 2.24) is 9.97 Å². The molecule has 3 nitrogen and oxygen atoms in total. The highest BCUT2D eigenvalue weighted by molar-refractivity contribution is 7.98. The highest BCUT2D eigenvalue weighted by Crippen LogP contribution is 2.36. The fourth-order valence-corrected chi connectivity index (χ4v) is 4.16. The van der Waals surface area contributed by atoms with E-state index in [-0.39, 0.29) is 5.56 Å². The second-order valence-corrected chi connectivity index (χ2v) is 6.48. The summed E-state index contributed by atoms with van der Waals surface area (Å²) in [6.07, 6.45) is 6.24. The number of nitrogens with one attached hydrogen (secondary N) is 1. The van der Waals surface area contributed by atoms with Crippen molar-refractivity contribution in [2.45, 2.75) is 56.5 Å². The fourth-order valence-electron chi connectivity index (χ4n) is 3.12. The van der Waals surface area contributed by atoms with Crippen molar-refractivity contribution in [2.24, 2.45) is 5.92 Å². The molecule has 1 aliphatic carbocycles. The van der Waals surface area contributed by atoms with E-state index in [4.69, 9.17) is 4.98 Å². The Bertz CT molecular complexity index is 489. The van der Waals surface area contributed by atoms with Crippen molar-refractivity contribution in [3.05, 3.63) is 27.4 Å². The number of hydrogen-bond acceptors (Lipinski definition) is 3. The van der Waals surface area contributed by atoms with E-state index in [0.717, 1.165) is 34.5 Å². The Labute approximate surface area is 112 Å². The monoisotopic (exact) mass is 264 g/mol. The van der Waals surface area contributed by atoms with Gasteiger partial charge in [-0.1, -0.05) is 13.3 Å². The predicted octanol–water partition coefficient (Wildman–Crippen LogP) is 3.20. The summed E-state index contributed by atoms with van der Waals surface area (Å²) in [5.41, 5.74) is 2.06. The average Bonchev–Trinajstić information content (AvgIpc) is 2.88. The van der Waals surface area contributed by atoms with Crippen molar-refractivity contribution >= 4 is 11.8 Å². The van der Waals surface area contributed by atoms with Crippen LogP contribution in [0.2, 0.25) is 0 Å². The Morgan fingerprint density at radius 3 is 2.78 bits per heavy atom. The summed E-state index contributed by atoms with van der Waals surface area (Å²) in [4.78, 5) is 19.7. The Balaban J connectivity index is 1.81. The van der Waals surface area contributed by atoms with Gasteiger partial charge in [0, 0.05) is 23.0 Å². The van der Waals surface area contributed by atoms with Crippen molar-refractivity contribution in [3.63, 3.8) is 0 Å². The molecule has 1 aliphatic heterocycles. The van der Waals surface area contributed by atoms with Gasteiger partial charge in [-0.05, 0) is 31.6 Å². The Morgan fingerprint density at radius 1 is 1.28 bits per heavy atom. The van der Waals surface area contributed by atoms with Gasteiger partial charge in [0.15, 0.2) is 0 Å². The lowest BCUT2D eigenvalue weighted by atomic mass is 9.80. The number of nitrogens with zero attached hydrogens (tertiary/aromatic N) is 1. The van der Waals surface area contributed by atoms with Crippen LogP contribution in [-0.4, -0.2) is 9.97 Å². The smallest absolute Gasteiger partial charge is 0.255 e. The summed E-state index contributed by atoms with van der Waals surface area (Å²) in [7, 11) is 0. The van der Waals surface area contributed by atoms with E-state index in [2.05, 4.69) is 11.9 Å². The Morgan fingerprint density at radius 2 is 2.06 bits per heavy atom. The summed E-state index contributed by atoms with van der Waals surface area (Å²) < 4.78 is 0. The molecular weight excluding hydrogens is 244 g/mol. The molecule has 0 radical (unpaired) electrons. The molecule has 0 unspecified atom stereocenters. The van der Waals surface area contributed by atoms with E-state index in [0.29, 0.717) is 5.92 Å². The van der Waals surface area contributed by atoms with Crippen LogP contribution < -0.4 is 5.56 Å². The van der Waals surface area contributed by atoms with Crippen LogP contribution >= 0.6 is 11.8 Å². The van der Waals surface area contributed by atoms with E-state index in [9.17, 15) is 4.79 Å². The molecular formula is C14H20N2OS. The van der Waals surface area contributed by atoms with Gasteiger partial charge in [0.1, 0.15) is 5.82 Å². The van der Waals surface area contributed by atoms with E-state index >= 15 is 0 Å². The molecule has 1 aromatic heterocycles. The van der Waals surface area contributed by atoms with Crippen LogP contribution in [0.15, 0.2) is 4.79 Å². The van der Waals surface area contributed by atoms with Crippen LogP contribution in [0.1, 0.15) is 62.0 Å². The second kappa shape index (κ2) is 5.08. The second-order valence-electron chi connectivity index (χ2n) is 5.50. The third-order valence-corrected chi connectivity index (χ3v) is 5.39. The largest absolute Gasteiger partial charge is 0.310 e. The number of aromatic amines is 1. The fraction of sp³-hybridized carbons (Fsp3) is 0.714. The minimum atomic E-state index is 0.109.